The summed E-state index contributed by atoms with van der Waals surface area (Å²) in [7, 11) is 0. The molecular weight excluding hydrogens is 212 g/mol. The maximum Gasteiger partial charge on any atom is 0.0802 e. The predicted molar refractivity (Wildman–Crippen MR) is 67.8 cm³/mol. The van der Waals surface area contributed by atoms with Gasteiger partial charge in [0.2, 0.25) is 0 Å². The first kappa shape index (κ1) is 11.9. The second kappa shape index (κ2) is 5.15. The summed E-state index contributed by atoms with van der Waals surface area (Å²) in [4.78, 5) is 4.18. The minimum absolute atomic E-state index is 0.355. The van der Waals surface area contributed by atoms with Crippen LogP contribution >= 0.6 is 0 Å². The molecule has 0 bridgehead atoms. The third-order valence-corrected chi connectivity index (χ3v) is 2.84. The molecule has 2 heterocycles. The van der Waals surface area contributed by atoms with E-state index >= 15 is 0 Å². The van der Waals surface area contributed by atoms with E-state index in [1.807, 2.05) is 44.7 Å². The first-order valence-electron chi connectivity index (χ1n) is 5.93. The summed E-state index contributed by atoms with van der Waals surface area (Å²) in [6.45, 7) is 4.82. The summed E-state index contributed by atoms with van der Waals surface area (Å²) in [5.41, 5.74) is 3.33. The highest BCUT2D eigenvalue weighted by Crippen LogP contribution is 2.17. The van der Waals surface area contributed by atoms with Gasteiger partial charge in [0, 0.05) is 31.3 Å². The van der Waals surface area contributed by atoms with E-state index in [1.165, 1.54) is 11.1 Å². The zero-order valence-corrected chi connectivity index (χ0v) is 10.3. The molecule has 1 N–H and O–H groups in total. The van der Waals surface area contributed by atoms with Gasteiger partial charge in [-0.1, -0.05) is 13.0 Å². The van der Waals surface area contributed by atoms with E-state index in [1.54, 1.807) is 0 Å². The Hall–Kier alpha value is -1.61. The second-order valence-corrected chi connectivity index (χ2v) is 4.41. The number of hydrogen-bond acceptors (Lipinski definition) is 2. The largest absolute Gasteiger partial charge is 0.388 e. The summed E-state index contributed by atoms with van der Waals surface area (Å²) in [5, 5.41) is 9.73. The van der Waals surface area contributed by atoms with E-state index < -0.39 is 0 Å². The molecule has 1 unspecified atom stereocenters. The van der Waals surface area contributed by atoms with Crippen LogP contribution < -0.4 is 0 Å². The van der Waals surface area contributed by atoms with Crippen LogP contribution in [-0.2, 0) is 6.54 Å². The molecule has 0 spiro atoms. The van der Waals surface area contributed by atoms with Crippen molar-refractivity contribution >= 4 is 0 Å². The molecule has 2 aromatic rings. The molecule has 0 amide bonds. The Kier molecular flexibility index (Phi) is 3.59. The highest BCUT2D eigenvalue weighted by atomic mass is 16.3. The van der Waals surface area contributed by atoms with Gasteiger partial charge in [-0.2, -0.15) is 0 Å². The first-order chi connectivity index (χ1) is 8.19. The summed E-state index contributed by atoms with van der Waals surface area (Å²) in [5.74, 6) is 0. The van der Waals surface area contributed by atoms with Crippen molar-refractivity contribution in [2.75, 3.05) is 0 Å². The standard InChI is InChI=1S/C14H18N2O/c1-3-14(17)13-4-5-16(10-13)9-12-6-11(2)7-15-8-12/h4-8,10,14,17H,3,9H2,1-2H3. The number of rotatable bonds is 4. The molecule has 3 heteroatoms. The molecule has 2 rings (SSSR count). The lowest BCUT2D eigenvalue weighted by Gasteiger charge is -2.05. The van der Waals surface area contributed by atoms with E-state index in [9.17, 15) is 5.11 Å². The topological polar surface area (TPSA) is 38.0 Å². The average Bonchev–Trinajstić information content (AvgIpc) is 2.76. The SMILES string of the molecule is CCC(O)c1ccn(Cc2cncc(C)c2)c1. The van der Waals surface area contributed by atoms with Crippen LogP contribution in [0.25, 0.3) is 0 Å². The summed E-state index contributed by atoms with van der Waals surface area (Å²) in [6, 6.07) is 4.10. The molecule has 3 nitrogen and oxygen atoms in total. The molecular formula is C14H18N2O. The summed E-state index contributed by atoms with van der Waals surface area (Å²) < 4.78 is 2.07. The van der Waals surface area contributed by atoms with Crippen molar-refractivity contribution in [2.45, 2.75) is 32.9 Å². The molecule has 0 aliphatic carbocycles. The van der Waals surface area contributed by atoms with Crippen LogP contribution in [-0.4, -0.2) is 14.7 Å². The van der Waals surface area contributed by atoms with Crippen LogP contribution in [0.1, 0.15) is 36.1 Å². The number of aromatic nitrogens is 2. The Morgan fingerprint density at radius 1 is 1.41 bits per heavy atom. The van der Waals surface area contributed by atoms with Crippen molar-refractivity contribution in [3.63, 3.8) is 0 Å². The van der Waals surface area contributed by atoms with Gasteiger partial charge < -0.3 is 9.67 Å². The van der Waals surface area contributed by atoms with Gasteiger partial charge in [-0.25, -0.2) is 0 Å². The van der Waals surface area contributed by atoms with E-state index in [-0.39, 0.29) is 6.10 Å². The average molecular weight is 230 g/mol. The van der Waals surface area contributed by atoms with E-state index in [2.05, 4.69) is 15.6 Å². The van der Waals surface area contributed by atoms with Crippen LogP contribution in [0.4, 0.5) is 0 Å². The molecule has 2 aromatic heterocycles. The highest BCUT2D eigenvalue weighted by Gasteiger charge is 2.06. The van der Waals surface area contributed by atoms with Crippen LogP contribution in [0.3, 0.4) is 0 Å². The minimum atomic E-state index is -0.355. The van der Waals surface area contributed by atoms with Crippen molar-refractivity contribution in [1.82, 2.24) is 9.55 Å². The molecule has 0 aromatic carbocycles. The Morgan fingerprint density at radius 2 is 2.24 bits per heavy atom. The molecule has 90 valence electrons. The van der Waals surface area contributed by atoms with Crippen LogP contribution in [0.5, 0.6) is 0 Å². The lowest BCUT2D eigenvalue weighted by molar-refractivity contribution is 0.173. The molecule has 1 atom stereocenters. The van der Waals surface area contributed by atoms with E-state index in [4.69, 9.17) is 0 Å². The van der Waals surface area contributed by atoms with Gasteiger partial charge in [-0.3, -0.25) is 4.98 Å². The molecule has 17 heavy (non-hydrogen) atoms. The number of nitrogens with zero attached hydrogens (tertiary/aromatic N) is 2. The normalized spacial score (nSPS) is 12.6. The monoisotopic (exact) mass is 230 g/mol. The van der Waals surface area contributed by atoms with Gasteiger partial charge in [-0.05, 0) is 36.1 Å². The van der Waals surface area contributed by atoms with E-state index in [0.717, 1.165) is 18.5 Å². The maximum atomic E-state index is 9.73. The molecule has 0 saturated carbocycles. The zero-order chi connectivity index (χ0) is 12.3. The third kappa shape index (κ3) is 2.94. The van der Waals surface area contributed by atoms with Crippen LogP contribution in [0.15, 0.2) is 36.9 Å². The number of pyridine rings is 1. The molecule has 0 aliphatic rings. The van der Waals surface area contributed by atoms with Gasteiger partial charge in [-0.15, -0.1) is 0 Å². The lowest BCUT2D eigenvalue weighted by Crippen LogP contribution is -1.98. The van der Waals surface area contributed by atoms with Crippen molar-refractivity contribution in [3.8, 4) is 0 Å². The molecule has 0 aliphatic heterocycles. The fourth-order valence-corrected chi connectivity index (χ4v) is 1.91. The Balaban J connectivity index is 2.11. The predicted octanol–water partition coefficient (Wildman–Crippen LogP) is 2.68. The van der Waals surface area contributed by atoms with Crippen molar-refractivity contribution in [2.24, 2.45) is 0 Å². The number of hydrogen-bond donors (Lipinski definition) is 1. The fourth-order valence-electron chi connectivity index (χ4n) is 1.91. The molecule has 0 radical (unpaired) electrons. The van der Waals surface area contributed by atoms with Gasteiger partial charge in [0.05, 0.1) is 6.10 Å². The number of aliphatic hydroxyl groups is 1. The lowest BCUT2D eigenvalue weighted by atomic mass is 10.1. The second-order valence-electron chi connectivity index (χ2n) is 4.41. The van der Waals surface area contributed by atoms with Crippen molar-refractivity contribution in [3.05, 3.63) is 53.6 Å². The van der Waals surface area contributed by atoms with E-state index in [0.29, 0.717) is 0 Å². The first-order valence-corrected chi connectivity index (χ1v) is 5.93. The minimum Gasteiger partial charge on any atom is -0.388 e. The zero-order valence-electron chi connectivity index (χ0n) is 10.3. The quantitative estimate of drug-likeness (QED) is 0.877. The summed E-state index contributed by atoms with van der Waals surface area (Å²) in [6.07, 6.45) is 8.11. The Morgan fingerprint density at radius 3 is 2.94 bits per heavy atom. The van der Waals surface area contributed by atoms with Crippen molar-refractivity contribution in [1.29, 1.82) is 0 Å². The molecule has 0 saturated heterocycles. The maximum absolute atomic E-state index is 9.73. The highest BCUT2D eigenvalue weighted by molar-refractivity contribution is 5.19. The van der Waals surface area contributed by atoms with Gasteiger partial charge >= 0.3 is 0 Å². The Labute approximate surface area is 102 Å². The molecule has 0 fully saturated rings. The fraction of sp³-hybridized carbons (Fsp3) is 0.357. The smallest absolute Gasteiger partial charge is 0.0802 e. The number of aryl methyl sites for hydroxylation is 1. The van der Waals surface area contributed by atoms with Gasteiger partial charge in [0.15, 0.2) is 0 Å². The Bertz CT molecular complexity index is 490. The van der Waals surface area contributed by atoms with Gasteiger partial charge in [0.1, 0.15) is 0 Å². The third-order valence-electron chi connectivity index (χ3n) is 2.84. The van der Waals surface area contributed by atoms with Crippen molar-refractivity contribution < 1.29 is 5.11 Å². The van der Waals surface area contributed by atoms with Gasteiger partial charge in [0.25, 0.3) is 0 Å². The summed E-state index contributed by atoms with van der Waals surface area (Å²) >= 11 is 0. The van der Waals surface area contributed by atoms with Crippen LogP contribution in [0.2, 0.25) is 0 Å². The number of aliphatic hydroxyl groups excluding tert-OH is 1. The van der Waals surface area contributed by atoms with Crippen LogP contribution in [0, 0.1) is 6.92 Å².